The monoisotopic (exact) mass is 166 g/mol. The van der Waals surface area contributed by atoms with Crippen LogP contribution in [0.2, 0.25) is 0 Å². The predicted molar refractivity (Wildman–Crippen MR) is 40.6 cm³/mol. The third-order valence-electron chi connectivity index (χ3n) is 1.52. The average Bonchev–Trinajstić information content (AvgIpc) is 2.10. The highest BCUT2D eigenvalue weighted by Gasteiger charge is 2.26. The average molecular weight is 166 g/mol. The Morgan fingerprint density at radius 2 is 2.22 bits per heavy atom. The minimum absolute atomic E-state index is 0.370. The van der Waals surface area contributed by atoms with Crippen molar-refractivity contribution in [3.8, 4) is 0 Å². The third kappa shape index (κ3) is 1.86. The normalized spacial score (nSPS) is 32.8. The van der Waals surface area contributed by atoms with Gasteiger partial charge < -0.3 is 0 Å². The SMILES string of the molecule is CS[C@@H]1CCS(=O)(=O)C1. The molecule has 4 heteroatoms. The van der Waals surface area contributed by atoms with Crippen molar-refractivity contribution < 1.29 is 8.42 Å². The Balaban J connectivity index is 2.58. The van der Waals surface area contributed by atoms with Crippen molar-refractivity contribution in [3.05, 3.63) is 0 Å². The van der Waals surface area contributed by atoms with Crippen LogP contribution in [0, 0.1) is 0 Å². The van der Waals surface area contributed by atoms with Crippen molar-refractivity contribution in [2.75, 3.05) is 17.8 Å². The van der Waals surface area contributed by atoms with Crippen molar-refractivity contribution in [3.63, 3.8) is 0 Å². The smallest absolute Gasteiger partial charge is 0.151 e. The molecule has 2 nitrogen and oxygen atoms in total. The number of rotatable bonds is 1. The van der Waals surface area contributed by atoms with Gasteiger partial charge in [0.15, 0.2) is 9.84 Å². The standard InChI is InChI=1S/C5H10O2S2/c1-8-5-2-3-9(6,7)4-5/h5H,2-4H2,1H3/t5-/m1/s1. The minimum atomic E-state index is -2.63. The summed E-state index contributed by atoms with van der Waals surface area (Å²) in [7, 11) is -2.63. The van der Waals surface area contributed by atoms with E-state index in [1.165, 1.54) is 0 Å². The van der Waals surface area contributed by atoms with Gasteiger partial charge in [0.1, 0.15) is 0 Å². The molecule has 1 heterocycles. The molecule has 1 aliphatic heterocycles. The summed E-state index contributed by atoms with van der Waals surface area (Å²) in [5, 5.41) is 0.370. The van der Waals surface area contributed by atoms with E-state index in [2.05, 4.69) is 0 Å². The summed E-state index contributed by atoms with van der Waals surface area (Å²) < 4.78 is 21.6. The van der Waals surface area contributed by atoms with E-state index in [0.717, 1.165) is 6.42 Å². The van der Waals surface area contributed by atoms with Crippen LogP contribution in [-0.4, -0.2) is 31.4 Å². The zero-order valence-corrected chi connectivity index (χ0v) is 6.96. The zero-order chi connectivity index (χ0) is 6.91. The van der Waals surface area contributed by atoms with Crippen LogP contribution in [0.15, 0.2) is 0 Å². The van der Waals surface area contributed by atoms with E-state index in [4.69, 9.17) is 0 Å². The molecule has 0 unspecified atom stereocenters. The molecule has 9 heavy (non-hydrogen) atoms. The lowest BCUT2D eigenvalue weighted by molar-refractivity contribution is 0.602. The van der Waals surface area contributed by atoms with Crippen molar-refractivity contribution >= 4 is 21.6 Å². The Bertz CT molecular complexity index is 183. The van der Waals surface area contributed by atoms with Crippen LogP contribution >= 0.6 is 11.8 Å². The van der Waals surface area contributed by atoms with Gasteiger partial charge >= 0.3 is 0 Å². The van der Waals surface area contributed by atoms with Gasteiger partial charge in [0.2, 0.25) is 0 Å². The largest absolute Gasteiger partial charge is 0.229 e. The summed E-state index contributed by atoms with van der Waals surface area (Å²) in [6, 6.07) is 0. The van der Waals surface area contributed by atoms with E-state index >= 15 is 0 Å². The van der Waals surface area contributed by atoms with E-state index in [1.807, 2.05) is 6.26 Å². The number of hydrogen-bond donors (Lipinski definition) is 0. The Morgan fingerprint density at radius 1 is 1.56 bits per heavy atom. The van der Waals surface area contributed by atoms with Gasteiger partial charge in [-0.25, -0.2) is 8.42 Å². The van der Waals surface area contributed by atoms with Gasteiger partial charge in [-0.15, -0.1) is 0 Å². The summed E-state index contributed by atoms with van der Waals surface area (Å²) in [5.41, 5.74) is 0. The summed E-state index contributed by atoms with van der Waals surface area (Å²) in [4.78, 5) is 0. The van der Waals surface area contributed by atoms with Gasteiger partial charge in [-0.1, -0.05) is 0 Å². The fraction of sp³-hybridized carbons (Fsp3) is 1.00. The molecule has 0 aromatic heterocycles. The molecule has 1 rings (SSSR count). The molecule has 1 aliphatic rings. The number of hydrogen-bond acceptors (Lipinski definition) is 3. The molecule has 0 saturated carbocycles. The maximum Gasteiger partial charge on any atom is 0.151 e. The van der Waals surface area contributed by atoms with Gasteiger partial charge in [-0.3, -0.25) is 0 Å². The lowest BCUT2D eigenvalue weighted by Gasteiger charge is -1.98. The van der Waals surface area contributed by atoms with Gasteiger partial charge in [0.25, 0.3) is 0 Å². The lowest BCUT2D eigenvalue weighted by Crippen LogP contribution is -2.05. The van der Waals surface area contributed by atoms with Crippen LogP contribution in [0.3, 0.4) is 0 Å². The van der Waals surface area contributed by atoms with Crippen molar-refractivity contribution in [1.29, 1.82) is 0 Å². The lowest BCUT2D eigenvalue weighted by atomic mass is 10.4. The van der Waals surface area contributed by atoms with Crippen molar-refractivity contribution in [2.24, 2.45) is 0 Å². The fourth-order valence-electron chi connectivity index (χ4n) is 0.947. The molecule has 54 valence electrons. The highest BCUT2D eigenvalue weighted by Crippen LogP contribution is 2.21. The van der Waals surface area contributed by atoms with Crippen LogP contribution < -0.4 is 0 Å². The maximum absolute atomic E-state index is 10.8. The summed E-state index contributed by atoms with van der Waals surface area (Å²) in [5.74, 6) is 0.798. The first-order chi connectivity index (χ1) is 4.14. The molecular weight excluding hydrogens is 156 g/mol. The quantitative estimate of drug-likeness (QED) is 0.570. The molecule has 0 aliphatic carbocycles. The molecule has 1 saturated heterocycles. The first kappa shape index (κ1) is 7.41. The molecule has 0 amide bonds. The van der Waals surface area contributed by atoms with Gasteiger partial charge in [0.05, 0.1) is 11.5 Å². The van der Waals surface area contributed by atoms with E-state index in [0.29, 0.717) is 16.8 Å². The van der Waals surface area contributed by atoms with Crippen molar-refractivity contribution in [2.45, 2.75) is 11.7 Å². The highest BCUT2D eigenvalue weighted by atomic mass is 32.2. The van der Waals surface area contributed by atoms with Crippen molar-refractivity contribution in [1.82, 2.24) is 0 Å². The molecule has 0 radical (unpaired) electrons. The van der Waals surface area contributed by atoms with E-state index in [1.54, 1.807) is 11.8 Å². The number of sulfone groups is 1. The predicted octanol–water partition coefficient (Wildman–Crippen LogP) is 0.536. The molecule has 0 aromatic carbocycles. The summed E-state index contributed by atoms with van der Waals surface area (Å²) >= 11 is 1.66. The van der Waals surface area contributed by atoms with Gasteiger partial charge in [-0.2, -0.15) is 11.8 Å². The molecule has 1 atom stereocenters. The Hall–Kier alpha value is 0.300. The molecular formula is C5H10O2S2. The second-order valence-corrected chi connectivity index (χ2v) is 5.63. The highest BCUT2D eigenvalue weighted by molar-refractivity contribution is 8.01. The Labute approximate surface area is 59.9 Å². The first-order valence-electron chi connectivity index (χ1n) is 2.87. The third-order valence-corrected chi connectivity index (χ3v) is 4.57. The van der Waals surface area contributed by atoms with E-state index < -0.39 is 9.84 Å². The van der Waals surface area contributed by atoms with E-state index in [-0.39, 0.29) is 0 Å². The van der Waals surface area contributed by atoms with Crippen LogP contribution in [-0.2, 0) is 9.84 Å². The molecule has 1 fully saturated rings. The maximum atomic E-state index is 10.8. The summed E-state index contributed by atoms with van der Waals surface area (Å²) in [6.07, 6.45) is 2.81. The second kappa shape index (κ2) is 2.50. The molecule has 0 N–H and O–H groups in total. The van der Waals surface area contributed by atoms with Crippen LogP contribution in [0.4, 0.5) is 0 Å². The second-order valence-electron chi connectivity index (χ2n) is 2.26. The molecule has 0 bridgehead atoms. The number of thioether (sulfide) groups is 1. The van der Waals surface area contributed by atoms with Gasteiger partial charge in [0, 0.05) is 5.25 Å². The topological polar surface area (TPSA) is 34.1 Å². The first-order valence-corrected chi connectivity index (χ1v) is 5.98. The molecule has 0 aromatic rings. The summed E-state index contributed by atoms with van der Waals surface area (Å²) in [6.45, 7) is 0. The van der Waals surface area contributed by atoms with Crippen LogP contribution in [0.25, 0.3) is 0 Å². The zero-order valence-electron chi connectivity index (χ0n) is 5.33. The van der Waals surface area contributed by atoms with Gasteiger partial charge in [-0.05, 0) is 12.7 Å². The Kier molecular flexibility index (Phi) is 2.06. The van der Waals surface area contributed by atoms with Crippen LogP contribution in [0.1, 0.15) is 6.42 Å². The van der Waals surface area contributed by atoms with Crippen LogP contribution in [0.5, 0.6) is 0 Å². The van der Waals surface area contributed by atoms with E-state index in [9.17, 15) is 8.42 Å². The Morgan fingerprint density at radius 3 is 2.44 bits per heavy atom. The molecule has 0 spiro atoms. The minimum Gasteiger partial charge on any atom is -0.229 e. The fourth-order valence-corrected chi connectivity index (χ4v) is 4.16.